The molecule has 1 aliphatic rings. The standard InChI is InChI=1S/C19H19NO5/c1-24-17-11-13(25-12-5-3-2-4-6-12)7-10-16(17)20-18(21)14-8-9-15(14)19(22)23/h2-7,10-11,14-15H,8-9H2,1H3,(H,20,21)(H,22,23). The number of carboxylic acid groups (broad SMARTS) is 1. The van der Waals surface area contributed by atoms with Crippen LogP contribution in [0.4, 0.5) is 5.69 Å². The van der Waals surface area contributed by atoms with Crippen LogP contribution in [0.3, 0.4) is 0 Å². The normalized spacial score (nSPS) is 18.8. The minimum Gasteiger partial charge on any atom is -0.494 e. The first-order chi connectivity index (χ1) is 12.1. The topological polar surface area (TPSA) is 84.9 Å². The molecule has 1 saturated carbocycles. The number of carbonyl (C=O) groups is 2. The van der Waals surface area contributed by atoms with Gasteiger partial charge < -0.3 is 19.9 Å². The molecule has 1 amide bonds. The zero-order valence-corrected chi connectivity index (χ0v) is 13.8. The number of hydrogen-bond donors (Lipinski definition) is 2. The van der Waals surface area contributed by atoms with Crippen LogP contribution in [0, 0.1) is 11.8 Å². The molecule has 0 bridgehead atoms. The molecule has 6 nitrogen and oxygen atoms in total. The summed E-state index contributed by atoms with van der Waals surface area (Å²) in [6.45, 7) is 0. The first kappa shape index (κ1) is 16.8. The van der Waals surface area contributed by atoms with E-state index in [1.165, 1.54) is 7.11 Å². The van der Waals surface area contributed by atoms with Crippen LogP contribution in [0.2, 0.25) is 0 Å². The fraction of sp³-hybridized carbons (Fsp3) is 0.263. The van der Waals surface area contributed by atoms with E-state index in [9.17, 15) is 9.59 Å². The second kappa shape index (κ2) is 7.25. The molecule has 6 heteroatoms. The third-order valence-corrected chi connectivity index (χ3v) is 4.34. The van der Waals surface area contributed by atoms with Gasteiger partial charge in [-0.05, 0) is 37.1 Å². The molecule has 2 unspecified atom stereocenters. The Morgan fingerprint density at radius 2 is 1.76 bits per heavy atom. The highest BCUT2D eigenvalue weighted by atomic mass is 16.5. The third-order valence-electron chi connectivity index (χ3n) is 4.34. The summed E-state index contributed by atoms with van der Waals surface area (Å²) in [5.41, 5.74) is 0.490. The number of nitrogens with one attached hydrogen (secondary N) is 1. The number of amides is 1. The Balaban J connectivity index is 1.71. The van der Waals surface area contributed by atoms with Gasteiger partial charge in [0.2, 0.25) is 5.91 Å². The quantitative estimate of drug-likeness (QED) is 0.839. The van der Waals surface area contributed by atoms with Gasteiger partial charge >= 0.3 is 5.97 Å². The number of methoxy groups -OCH3 is 1. The van der Waals surface area contributed by atoms with Gasteiger partial charge in [-0.3, -0.25) is 9.59 Å². The second-order valence-corrected chi connectivity index (χ2v) is 5.90. The summed E-state index contributed by atoms with van der Waals surface area (Å²) in [5, 5.41) is 11.8. The van der Waals surface area contributed by atoms with Gasteiger partial charge in [0.25, 0.3) is 0 Å². The lowest BCUT2D eigenvalue weighted by molar-refractivity contribution is -0.151. The van der Waals surface area contributed by atoms with Crippen LogP contribution in [-0.4, -0.2) is 24.1 Å². The Kier molecular flexibility index (Phi) is 4.88. The van der Waals surface area contributed by atoms with Crippen molar-refractivity contribution < 1.29 is 24.2 Å². The molecule has 0 radical (unpaired) electrons. The van der Waals surface area contributed by atoms with Crippen molar-refractivity contribution in [3.63, 3.8) is 0 Å². The van der Waals surface area contributed by atoms with Crippen molar-refractivity contribution in [1.29, 1.82) is 0 Å². The summed E-state index contributed by atoms with van der Waals surface area (Å²) >= 11 is 0. The molecule has 0 aliphatic heterocycles. The van der Waals surface area contributed by atoms with Crippen LogP contribution in [0.5, 0.6) is 17.2 Å². The van der Waals surface area contributed by atoms with E-state index < -0.39 is 17.8 Å². The molecule has 0 aromatic heterocycles. The number of ether oxygens (including phenoxy) is 2. The number of carboxylic acids is 1. The summed E-state index contributed by atoms with van der Waals surface area (Å²) in [7, 11) is 1.50. The van der Waals surface area contributed by atoms with Gasteiger partial charge in [0, 0.05) is 6.07 Å². The molecule has 2 N–H and O–H groups in total. The van der Waals surface area contributed by atoms with Crippen LogP contribution in [-0.2, 0) is 9.59 Å². The molecule has 0 heterocycles. The lowest BCUT2D eigenvalue weighted by Crippen LogP contribution is -2.41. The van der Waals surface area contributed by atoms with E-state index in [4.69, 9.17) is 14.6 Å². The molecular weight excluding hydrogens is 322 g/mol. The largest absolute Gasteiger partial charge is 0.494 e. The first-order valence-corrected chi connectivity index (χ1v) is 8.03. The summed E-state index contributed by atoms with van der Waals surface area (Å²) in [6, 6.07) is 14.4. The third kappa shape index (κ3) is 3.74. The molecule has 3 rings (SSSR count). The van der Waals surface area contributed by atoms with Gasteiger partial charge in [0.1, 0.15) is 17.2 Å². The number of hydrogen-bond acceptors (Lipinski definition) is 4. The number of carbonyl (C=O) groups excluding carboxylic acids is 1. The van der Waals surface area contributed by atoms with Gasteiger partial charge in [-0.2, -0.15) is 0 Å². The van der Waals surface area contributed by atoms with Crippen molar-refractivity contribution in [3.05, 3.63) is 48.5 Å². The summed E-state index contributed by atoms with van der Waals surface area (Å²) in [4.78, 5) is 23.4. The number of aliphatic carboxylic acids is 1. The van der Waals surface area contributed by atoms with Gasteiger partial charge in [0.05, 0.1) is 24.6 Å². The Morgan fingerprint density at radius 3 is 2.36 bits per heavy atom. The van der Waals surface area contributed by atoms with Gasteiger partial charge in [0.15, 0.2) is 0 Å². The zero-order valence-electron chi connectivity index (χ0n) is 13.8. The zero-order chi connectivity index (χ0) is 17.8. The monoisotopic (exact) mass is 341 g/mol. The molecule has 2 aromatic rings. The Bertz CT molecular complexity index is 775. The number of rotatable bonds is 6. The van der Waals surface area contributed by atoms with Crippen LogP contribution in [0.15, 0.2) is 48.5 Å². The average molecular weight is 341 g/mol. The van der Waals surface area contributed by atoms with Crippen molar-refractivity contribution in [2.75, 3.05) is 12.4 Å². The lowest BCUT2D eigenvalue weighted by atomic mass is 9.73. The minimum atomic E-state index is -0.926. The van der Waals surface area contributed by atoms with Crippen LogP contribution < -0.4 is 14.8 Å². The number of para-hydroxylation sites is 1. The van der Waals surface area contributed by atoms with E-state index in [0.717, 1.165) is 0 Å². The van der Waals surface area contributed by atoms with Gasteiger partial charge in [-0.15, -0.1) is 0 Å². The molecule has 25 heavy (non-hydrogen) atoms. The molecule has 0 spiro atoms. The van der Waals surface area contributed by atoms with E-state index in [1.54, 1.807) is 18.2 Å². The van der Waals surface area contributed by atoms with E-state index in [1.807, 2.05) is 30.3 Å². The fourth-order valence-corrected chi connectivity index (χ4v) is 2.80. The number of anilines is 1. The van der Waals surface area contributed by atoms with E-state index in [0.29, 0.717) is 35.8 Å². The Labute approximate surface area is 145 Å². The fourth-order valence-electron chi connectivity index (χ4n) is 2.80. The Morgan fingerprint density at radius 1 is 1.04 bits per heavy atom. The smallest absolute Gasteiger partial charge is 0.307 e. The van der Waals surface area contributed by atoms with Crippen molar-refractivity contribution in [1.82, 2.24) is 0 Å². The van der Waals surface area contributed by atoms with E-state index >= 15 is 0 Å². The minimum absolute atomic E-state index is 0.298. The highest BCUT2D eigenvalue weighted by molar-refractivity contribution is 5.97. The van der Waals surface area contributed by atoms with Gasteiger partial charge in [-0.25, -0.2) is 0 Å². The molecule has 1 aliphatic carbocycles. The second-order valence-electron chi connectivity index (χ2n) is 5.90. The van der Waals surface area contributed by atoms with Gasteiger partial charge in [-0.1, -0.05) is 18.2 Å². The highest BCUT2D eigenvalue weighted by Gasteiger charge is 2.41. The molecule has 0 saturated heterocycles. The maximum atomic E-state index is 12.3. The predicted octanol–water partition coefficient (Wildman–Crippen LogP) is 3.54. The molecule has 130 valence electrons. The summed E-state index contributed by atoms with van der Waals surface area (Å²) < 4.78 is 11.1. The van der Waals surface area contributed by atoms with Crippen molar-refractivity contribution in [3.8, 4) is 17.2 Å². The maximum Gasteiger partial charge on any atom is 0.307 e. The van der Waals surface area contributed by atoms with Crippen LogP contribution in [0.25, 0.3) is 0 Å². The molecule has 1 fully saturated rings. The highest BCUT2D eigenvalue weighted by Crippen LogP contribution is 2.37. The first-order valence-electron chi connectivity index (χ1n) is 8.03. The van der Waals surface area contributed by atoms with Crippen molar-refractivity contribution >= 4 is 17.6 Å². The average Bonchev–Trinajstić information content (AvgIpc) is 2.55. The molecular formula is C19H19NO5. The SMILES string of the molecule is COc1cc(Oc2ccccc2)ccc1NC(=O)C1CCC1C(=O)O. The summed E-state index contributed by atoms with van der Waals surface area (Å²) in [6.07, 6.45) is 1.12. The molecule has 2 atom stereocenters. The van der Waals surface area contributed by atoms with Crippen LogP contribution >= 0.6 is 0 Å². The summed E-state index contributed by atoms with van der Waals surface area (Å²) in [5.74, 6) is -0.603. The Hall–Kier alpha value is -3.02. The predicted molar refractivity (Wildman–Crippen MR) is 92.0 cm³/mol. The van der Waals surface area contributed by atoms with Crippen LogP contribution in [0.1, 0.15) is 12.8 Å². The van der Waals surface area contributed by atoms with E-state index in [-0.39, 0.29) is 5.91 Å². The lowest BCUT2D eigenvalue weighted by Gasteiger charge is -2.32. The number of benzene rings is 2. The maximum absolute atomic E-state index is 12.3. The van der Waals surface area contributed by atoms with E-state index in [2.05, 4.69) is 5.32 Å². The van der Waals surface area contributed by atoms with Crippen molar-refractivity contribution in [2.45, 2.75) is 12.8 Å². The molecule has 2 aromatic carbocycles. The van der Waals surface area contributed by atoms with Crippen molar-refractivity contribution in [2.24, 2.45) is 11.8 Å².